The minimum Gasteiger partial charge on any atom is -0.380 e. The second kappa shape index (κ2) is 12.1. The van der Waals surface area contributed by atoms with E-state index in [4.69, 9.17) is 0 Å². The second-order valence-corrected chi connectivity index (χ2v) is 6.99. The summed E-state index contributed by atoms with van der Waals surface area (Å²) in [5.41, 5.74) is 0.408. The van der Waals surface area contributed by atoms with Gasteiger partial charge < -0.3 is 15.1 Å². The summed E-state index contributed by atoms with van der Waals surface area (Å²) in [6.45, 7) is 11.5. The zero-order valence-corrected chi connectivity index (χ0v) is 16.7. The lowest BCUT2D eigenvalue weighted by atomic mass is 10.1. The Bertz CT molecular complexity index is 541. The fraction of sp³-hybridized carbons (Fsp3) is 0.800. The maximum Gasteiger partial charge on any atom is 0.253 e. The van der Waals surface area contributed by atoms with Crippen molar-refractivity contribution >= 4 is 11.4 Å². The lowest BCUT2D eigenvalue weighted by Crippen LogP contribution is -2.42. The van der Waals surface area contributed by atoms with Crippen LogP contribution in [0.4, 0.5) is 11.4 Å². The van der Waals surface area contributed by atoms with Gasteiger partial charge in [-0.2, -0.15) is 0 Å². The van der Waals surface area contributed by atoms with Crippen molar-refractivity contribution in [3.05, 3.63) is 20.4 Å². The van der Waals surface area contributed by atoms with Gasteiger partial charge in [0.2, 0.25) is 0 Å². The third kappa shape index (κ3) is 6.81. The van der Waals surface area contributed by atoms with Crippen LogP contribution in [0.25, 0.3) is 0 Å². The smallest absolute Gasteiger partial charge is 0.253 e. The average Bonchev–Trinajstić information content (AvgIpc) is 2.62. The molecule has 0 atom stereocenters. The van der Waals surface area contributed by atoms with Crippen molar-refractivity contribution in [2.24, 2.45) is 0 Å². The van der Waals surface area contributed by atoms with Gasteiger partial charge in [0.25, 0.3) is 10.9 Å². The van der Waals surface area contributed by atoms with Crippen molar-refractivity contribution in [3.8, 4) is 0 Å². The standard InChI is InChI=1S/C20H37N3O2/c1-5-8-12-21-17-18(20(25)19(17)24)22(4)13-11-16-23(14-9-6-2)15-10-7-3/h21H,5-16H2,1-4H3. The van der Waals surface area contributed by atoms with Crippen LogP contribution in [0.15, 0.2) is 9.59 Å². The zero-order chi connectivity index (χ0) is 18.7. The molecule has 0 fully saturated rings. The highest BCUT2D eigenvalue weighted by atomic mass is 16.2. The van der Waals surface area contributed by atoms with Crippen LogP contribution in [0.3, 0.4) is 0 Å². The van der Waals surface area contributed by atoms with E-state index in [2.05, 4.69) is 31.0 Å². The Morgan fingerprint density at radius 2 is 1.32 bits per heavy atom. The molecule has 0 amide bonds. The highest BCUT2D eigenvalue weighted by Gasteiger charge is 2.23. The maximum absolute atomic E-state index is 11.9. The van der Waals surface area contributed by atoms with Crippen molar-refractivity contribution in [1.29, 1.82) is 0 Å². The second-order valence-electron chi connectivity index (χ2n) is 6.99. The minimum absolute atomic E-state index is 0.338. The molecule has 25 heavy (non-hydrogen) atoms. The van der Waals surface area contributed by atoms with E-state index in [1.807, 2.05) is 11.9 Å². The van der Waals surface area contributed by atoms with Gasteiger partial charge in [-0.05, 0) is 45.3 Å². The summed E-state index contributed by atoms with van der Waals surface area (Å²) in [5, 5.41) is 3.14. The fourth-order valence-electron chi connectivity index (χ4n) is 3.04. The van der Waals surface area contributed by atoms with Crippen LogP contribution in [-0.2, 0) is 0 Å². The minimum atomic E-state index is -0.356. The first-order valence-electron chi connectivity index (χ1n) is 10.1. The van der Waals surface area contributed by atoms with Crippen LogP contribution in [0.2, 0.25) is 0 Å². The number of nitrogens with zero attached hydrogens (tertiary/aromatic N) is 2. The van der Waals surface area contributed by atoms with Gasteiger partial charge in [0, 0.05) is 20.1 Å². The quantitative estimate of drug-likeness (QED) is 0.388. The predicted octanol–water partition coefficient (Wildman–Crippen LogP) is 3.22. The summed E-state index contributed by atoms with van der Waals surface area (Å²) in [6, 6.07) is 0. The van der Waals surface area contributed by atoms with Crippen LogP contribution < -0.4 is 21.1 Å². The molecule has 0 bridgehead atoms. The molecule has 144 valence electrons. The van der Waals surface area contributed by atoms with Crippen LogP contribution >= 0.6 is 0 Å². The zero-order valence-electron chi connectivity index (χ0n) is 16.7. The Morgan fingerprint density at radius 3 is 1.88 bits per heavy atom. The fourth-order valence-corrected chi connectivity index (χ4v) is 3.04. The molecule has 5 nitrogen and oxygen atoms in total. The monoisotopic (exact) mass is 351 g/mol. The lowest BCUT2D eigenvalue weighted by Gasteiger charge is -2.26. The number of hydrogen-bond donors (Lipinski definition) is 1. The Balaban J connectivity index is 2.49. The van der Waals surface area contributed by atoms with E-state index in [0.717, 1.165) is 52.0 Å². The van der Waals surface area contributed by atoms with E-state index in [-0.39, 0.29) is 10.9 Å². The molecule has 5 heteroatoms. The molecule has 0 saturated carbocycles. The molecule has 0 aliphatic carbocycles. The third-order valence-electron chi connectivity index (χ3n) is 4.72. The van der Waals surface area contributed by atoms with E-state index in [1.54, 1.807) is 0 Å². The SMILES string of the molecule is CCCCNc1c(N(C)CCCN(CCCC)CCCC)c(=O)c1=O. The first-order valence-corrected chi connectivity index (χ1v) is 10.1. The highest BCUT2D eigenvalue weighted by molar-refractivity contribution is 5.74. The van der Waals surface area contributed by atoms with Crippen molar-refractivity contribution in [3.63, 3.8) is 0 Å². The first-order chi connectivity index (χ1) is 12.1. The molecule has 0 unspecified atom stereocenters. The molecule has 0 aliphatic rings. The van der Waals surface area contributed by atoms with E-state index in [9.17, 15) is 9.59 Å². The summed E-state index contributed by atoms with van der Waals surface area (Å²) < 4.78 is 0. The van der Waals surface area contributed by atoms with E-state index < -0.39 is 0 Å². The van der Waals surface area contributed by atoms with Crippen molar-refractivity contribution in [1.82, 2.24) is 4.90 Å². The summed E-state index contributed by atoms with van der Waals surface area (Å²) in [7, 11) is 1.92. The van der Waals surface area contributed by atoms with E-state index in [0.29, 0.717) is 11.4 Å². The molecule has 0 heterocycles. The lowest BCUT2D eigenvalue weighted by molar-refractivity contribution is 0.263. The van der Waals surface area contributed by atoms with Crippen molar-refractivity contribution < 1.29 is 0 Å². The summed E-state index contributed by atoms with van der Waals surface area (Å²) in [6.07, 6.45) is 8.01. The Kier molecular flexibility index (Phi) is 10.5. The van der Waals surface area contributed by atoms with Gasteiger partial charge >= 0.3 is 0 Å². The number of rotatable bonds is 15. The van der Waals surface area contributed by atoms with Crippen molar-refractivity contribution in [2.45, 2.75) is 65.7 Å². The molecule has 0 spiro atoms. The Morgan fingerprint density at radius 1 is 0.760 bits per heavy atom. The molecule has 0 radical (unpaired) electrons. The van der Waals surface area contributed by atoms with Gasteiger partial charge in [0.05, 0.1) is 0 Å². The van der Waals surface area contributed by atoms with Crippen LogP contribution in [0.5, 0.6) is 0 Å². The highest BCUT2D eigenvalue weighted by Crippen LogP contribution is 2.19. The van der Waals surface area contributed by atoms with E-state index >= 15 is 0 Å². The van der Waals surface area contributed by atoms with Gasteiger partial charge in [-0.1, -0.05) is 40.0 Å². The van der Waals surface area contributed by atoms with Crippen LogP contribution in [0.1, 0.15) is 65.7 Å². The Labute approximate surface area is 153 Å². The third-order valence-corrected chi connectivity index (χ3v) is 4.72. The van der Waals surface area contributed by atoms with Gasteiger partial charge in [0.1, 0.15) is 11.4 Å². The molecule has 0 aromatic heterocycles. The largest absolute Gasteiger partial charge is 0.380 e. The van der Waals surface area contributed by atoms with Gasteiger partial charge in [-0.15, -0.1) is 0 Å². The number of anilines is 2. The molecule has 1 aromatic rings. The molecule has 1 N–H and O–H groups in total. The predicted molar refractivity (Wildman–Crippen MR) is 109 cm³/mol. The normalized spacial score (nSPS) is 11.4. The Hall–Kier alpha value is -1.36. The van der Waals surface area contributed by atoms with Crippen LogP contribution in [-0.4, -0.2) is 44.7 Å². The summed E-state index contributed by atoms with van der Waals surface area (Å²) in [4.78, 5) is 28.2. The van der Waals surface area contributed by atoms with Gasteiger partial charge in [-0.3, -0.25) is 9.59 Å². The molecule has 1 rings (SSSR count). The van der Waals surface area contributed by atoms with Gasteiger partial charge in [0.15, 0.2) is 0 Å². The molecular weight excluding hydrogens is 314 g/mol. The molecule has 1 aromatic carbocycles. The molecule has 0 aliphatic heterocycles. The van der Waals surface area contributed by atoms with Crippen LogP contribution in [0, 0.1) is 0 Å². The topological polar surface area (TPSA) is 52.6 Å². The molecular formula is C20H37N3O2. The number of unbranched alkanes of at least 4 members (excludes halogenated alkanes) is 3. The summed E-state index contributed by atoms with van der Waals surface area (Å²) in [5.74, 6) is 0. The van der Waals surface area contributed by atoms with Crippen molar-refractivity contribution in [2.75, 3.05) is 50.0 Å². The van der Waals surface area contributed by atoms with E-state index in [1.165, 1.54) is 25.7 Å². The van der Waals surface area contributed by atoms with Gasteiger partial charge in [-0.25, -0.2) is 0 Å². The number of nitrogens with one attached hydrogen (secondary N) is 1. The maximum atomic E-state index is 11.9. The first kappa shape index (κ1) is 21.7. The molecule has 0 saturated heterocycles. The number of hydrogen-bond acceptors (Lipinski definition) is 5. The summed E-state index contributed by atoms with van der Waals surface area (Å²) >= 11 is 0. The average molecular weight is 352 g/mol.